The third-order valence-corrected chi connectivity index (χ3v) is 4.85. The molecular weight excluding hydrogens is 286 g/mol. The van der Waals surface area contributed by atoms with Crippen LogP contribution in [0.25, 0.3) is 0 Å². The molecule has 1 fully saturated rings. The fraction of sp³-hybridized carbons (Fsp3) is 0.267. The van der Waals surface area contributed by atoms with Gasteiger partial charge in [-0.05, 0) is 43.5 Å². The van der Waals surface area contributed by atoms with E-state index >= 15 is 0 Å². The summed E-state index contributed by atoms with van der Waals surface area (Å²) in [6, 6.07) is 10.9. The minimum absolute atomic E-state index is 0.270. The molecular formula is C15H17N3O2S. The smallest absolute Gasteiger partial charge is 0.263 e. The first-order valence-electron chi connectivity index (χ1n) is 6.86. The lowest BCUT2D eigenvalue weighted by Crippen LogP contribution is -2.15. The van der Waals surface area contributed by atoms with Crippen molar-refractivity contribution in [3.63, 3.8) is 0 Å². The van der Waals surface area contributed by atoms with Crippen molar-refractivity contribution in [2.24, 2.45) is 0 Å². The molecule has 6 heteroatoms. The number of hydrogen-bond donors (Lipinski definition) is 2. The molecule has 2 aromatic rings. The Bertz CT molecular complexity index is 738. The predicted molar refractivity (Wildman–Crippen MR) is 82.9 cm³/mol. The van der Waals surface area contributed by atoms with Gasteiger partial charge in [0.05, 0.1) is 16.8 Å². The zero-order valence-electron chi connectivity index (χ0n) is 11.7. The molecule has 3 rings (SSSR count). The van der Waals surface area contributed by atoms with Crippen LogP contribution >= 0.6 is 0 Å². The van der Waals surface area contributed by atoms with Crippen molar-refractivity contribution in [2.75, 3.05) is 10.0 Å². The van der Waals surface area contributed by atoms with Gasteiger partial charge in [0.25, 0.3) is 10.0 Å². The number of nitrogens with zero attached hydrogens (tertiary/aromatic N) is 1. The van der Waals surface area contributed by atoms with Crippen LogP contribution in [0.1, 0.15) is 18.4 Å². The van der Waals surface area contributed by atoms with E-state index in [0.717, 1.165) is 5.69 Å². The maximum Gasteiger partial charge on any atom is 0.263 e. The molecule has 0 saturated heterocycles. The molecule has 1 aromatic heterocycles. The molecule has 0 bridgehead atoms. The summed E-state index contributed by atoms with van der Waals surface area (Å²) in [7, 11) is -3.60. The van der Waals surface area contributed by atoms with Crippen molar-refractivity contribution in [3.8, 4) is 0 Å². The van der Waals surface area contributed by atoms with Gasteiger partial charge < -0.3 is 5.32 Å². The number of nitrogens with one attached hydrogen (secondary N) is 2. The fourth-order valence-electron chi connectivity index (χ4n) is 2.05. The van der Waals surface area contributed by atoms with Crippen molar-refractivity contribution in [1.29, 1.82) is 0 Å². The first-order valence-corrected chi connectivity index (χ1v) is 8.34. The minimum atomic E-state index is -3.60. The lowest BCUT2D eigenvalue weighted by atomic mass is 10.2. The molecule has 1 saturated carbocycles. The van der Waals surface area contributed by atoms with Gasteiger partial charge in [-0.2, -0.15) is 0 Å². The normalized spacial score (nSPS) is 14.7. The quantitative estimate of drug-likeness (QED) is 0.891. The number of pyridine rings is 1. The number of anilines is 2. The van der Waals surface area contributed by atoms with Gasteiger partial charge in [-0.15, -0.1) is 0 Å². The van der Waals surface area contributed by atoms with Gasteiger partial charge >= 0.3 is 0 Å². The molecule has 5 nitrogen and oxygen atoms in total. The Morgan fingerprint density at radius 1 is 1.14 bits per heavy atom. The molecule has 1 aliphatic carbocycles. The largest absolute Gasteiger partial charge is 0.381 e. The summed E-state index contributed by atoms with van der Waals surface area (Å²) in [6.45, 7) is 1.77. The van der Waals surface area contributed by atoms with E-state index in [1.165, 1.54) is 12.8 Å². The third-order valence-electron chi connectivity index (χ3n) is 3.33. The minimum Gasteiger partial charge on any atom is -0.381 e. The summed E-state index contributed by atoms with van der Waals surface area (Å²) in [4.78, 5) is 4.42. The Labute approximate surface area is 124 Å². The van der Waals surface area contributed by atoms with Crippen LogP contribution < -0.4 is 10.0 Å². The van der Waals surface area contributed by atoms with E-state index < -0.39 is 10.0 Å². The van der Waals surface area contributed by atoms with Gasteiger partial charge in [-0.1, -0.05) is 18.2 Å². The summed E-state index contributed by atoms with van der Waals surface area (Å²) in [5.74, 6) is 0.319. The lowest BCUT2D eigenvalue weighted by Gasteiger charge is -2.10. The van der Waals surface area contributed by atoms with E-state index in [1.807, 2.05) is 12.1 Å². The number of benzene rings is 1. The number of rotatable bonds is 5. The maximum absolute atomic E-state index is 12.3. The average Bonchev–Trinajstić information content (AvgIpc) is 3.25. The standard InChI is InChI=1S/C15H17N3O2S/c1-11-4-2-3-5-14(11)21(19,20)18-15-9-8-13(10-16-15)17-12-6-7-12/h2-5,8-10,12,17H,6-7H2,1H3,(H,16,18). The summed E-state index contributed by atoms with van der Waals surface area (Å²) in [6.07, 6.45) is 4.01. The first kappa shape index (κ1) is 13.9. The molecule has 110 valence electrons. The van der Waals surface area contributed by atoms with E-state index in [2.05, 4.69) is 15.0 Å². The number of aromatic nitrogens is 1. The predicted octanol–water partition coefficient (Wildman–Crippen LogP) is 2.77. The van der Waals surface area contributed by atoms with Crippen LogP contribution in [-0.2, 0) is 10.0 Å². The van der Waals surface area contributed by atoms with E-state index in [0.29, 0.717) is 17.4 Å². The Morgan fingerprint density at radius 3 is 2.52 bits per heavy atom. The Balaban J connectivity index is 1.77. The van der Waals surface area contributed by atoms with Crippen molar-refractivity contribution in [2.45, 2.75) is 30.7 Å². The fourth-order valence-corrected chi connectivity index (χ4v) is 3.31. The summed E-state index contributed by atoms with van der Waals surface area (Å²) < 4.78 is 27.2. The lowest BCUT2D eigenvalue weighted by molar-refractivity contribution is 0.600. The second-order valence-electron chi connectivity index (χ2n) is 5.22. The SMILES string of the molecule is Cc1ccccc1S(=O)(=O)Nc1ccc(NC2CC2)cn1. The van der Waals surface area contributed by atoms with Crippen LogP contribution in [0.2, 0.25) is 0 Å². The molecule has 0 atom stereocenters. The molecule has 21 heavy (non-hydrogen) atoms. The molecule has 1 aliphatic rings. The molecule has 1 heterocycles. The van der Waals surface area contributed by atoms with E-state index in [9.17, 15) is 8.42 Å². The third kappa shape index (κ3) is 3.33. The second-order valence-corrected chi connectivity index (χ2v) is 6.87. The summed E-state index contributed by atoms with van der Waals surface area (Å²) in [5, 5.41) is 3.31. The molecule has 0 radical (unpaired) electrons. The van der Waals surface area contributed by atoms with Crippen LogP contribution in [0.15, 0.2) is 47.5 Å². The molecule has 2 N–H and O–H groups in total. The highest BCUT2D eigenvalue weighted by Crippen LogP contribution is 2.25. The second kappa shape index (κ2) is 5.37. The number of aryl methyl sites for hydroxylation is 1. The number of sulfonamides is 1. The van der Waals surface area contributed by atoms with E-state index in [1.54, 1.807) is 37.4 Å². The van der Waals surface area contributed by atoms with Gasteiger partial charge in [-0.25, -0.2) is 13.4 Å². The zero-order valence-corrected chi connectivity index (χ0v) is 12.5. The van der Waals surface area contributed by atoms with Crippen molar-refractivity contribution < 1.29 is 8.42 Å². The highest BCUT2D eigenvalue weighted by molar-refractivity contribution is 7.92. The maximum atomic E-state index is 12.3. The molecule has 0 aliphatic heterocycles. The van der Waals surface area contributed by atoms with Crippen LogP contribution in [0, 0.1) is 6.92 Å². The Kier molecular flexibility index (Phi) is 3.55. The van der Waals surface area contributed by atoms with Gasteiger partial charge in [0.2, 0.25) is 0 Å². The van der Waals surface area contributed by atoms with Crippen LogP contribution in [0.4, 0.5) is 11.5 Å². The average molecular weight is 303 g/mol. The first-order chi connectivity index (χ1) is 10.0. The van der Waals surface area contributed by atoms with Gasteiger partial charge in [0.1, 0.15) is 5.82 Å². The Morgan fingerprint density at radius 2 is 1.90 bits per heavy atom. The monoisotopic (exact) mass is 303 g/mol. The van der Waals surface area contributed by atoms with Crippen LogP contribution in [0.3, 0.4) is 0 Å². The zero-order chi connectivity index (χ0) is 14.9. The Hall–Kier alpha value is -2.08. The van der Waals surface area contributed by atoms with Gasteiger partial charge in [-0.3, -0.25) is 4.72 Å². The van der Waals surface area contributed by atoms with E-state index in [-0.39, 0.29) is 4.90 Å². The highest BCUT2D eigenvalue weighted by Gasteiger charge is 2.21. The van der Waals surface area contributed by atoms with Crippen LogP contribution in [-0.4, -0.2) is 19.4 Å². The summed E-state index contributed by atoms with van der Waals surface area (Å²) in [5.41, 5.74) is 1.62. The van der Waals surface area contributed by atoms with Crippen molar-refractivity contribution in [3.05, 3.63) is 48.2 Å². The molecule has 0 unspecified atom stereocenters. The van der Waals surface area contributed by atoms with Gasteiger partial charge in [0, 0.05) is 6.04 Å². The highest BCUT2D eigenvalue weighted by atomic mass is 32.2. The summed E-state index contributed by atoms with van der Waals surface area (Å²) >= 11 is 0. The van der Waals surface area contributed by atoms with Crippen molar-refractivity contribution >= 4 is 21.5 Å². The van der Waals surface area contributed by atoms with E-state index in [4.69, 9.17) is 0 Å². The number of hydrogen-bond acceptors (Lipinski definition) is 4. The van der Waals surface area contributed by atoms with Gasteiger partial charge in [0.15, 0.2) is 0 Å². The molecule has 0 amide bonds. The van der Waals surface area contributed by atoms with Crippen molar-refractivity contribution in [1.82, 2.24) is 4.98 Å². The molecule has 0 spiro atoms. The topological polar surface area (TPSA) is 71.1 Å². The van der Waals surface area contributed by atoms with Crippen LogP contribution in [0.5, 0.6) is 0 Å². The molecule has 1 aromatic carbocycles.